The van der Waals surface area contributed by atoms with E-state index < -0.39 is 0 Å². The zero-order valence-electron chi connectivity index (χ0n) is 17.1. The standard InChI is InChI=1S/C23H28N2O4/c1-18(26)20-9-10-21(22(15-20)28-2)29-17-23(27)25-12-6-11-24(13-14-25)16-19-7-4-3-5-8-19/h3-5,7-10,15H,6,11-14,16-17H2,1-2H3. The number of ether oxygens (including phenoxy) is 2. The second-order valence-electron chi connectivity index (χ2n) is 7.21. The summed E-state index contributed by atoms with van der Waals surface area (Å²) < 4.78 is 11.0. The molecule has 0 N–H and O–H groups in total. The molecule has 1 heterocycles. The Morgan fingerprint density at radius 2 is 1.76 bits per heavy atom. The molecule has 29 heavy (non-hydrogen) atoms. The quantitative estimate of drug-likeness (QED) is 0.674. The van der Waals surface area contributed by atoms with Gasteiger partial charge in [0.15, 0.2) is 23.9 Å². The first kappa shape index (κ1) is 20.9. The average Bonchev–Trinajstić information content (AvgIpc) is 2.98. The Labute approximate surface area is 172 Å². The van der Waals surface area contributed by atoms with Crippen LogP contribution in [0.4, 0.5) is 0 Å². The van der Waals surface area contributed by atoms with Gasteiger partial charge in [0.25, 0.3) is 5.91 Å². The van der Waals surface area contributed by atoms with Gasteiger partial charge in [-0.15, -0.1) is 0 Å². The van der Waals surface area contributed by atoms with Gasteiger partial charge in [-0.1, -0.05) is 30.3 Å². The normalized spacial score (nSPS) is 14.9. The predicted molar refractivity (Wildman–Crippen MR) is 111 cm³/mol. The van der Waals surface area contributed by atoms with Gasteiger partial charge in [-0.2, -0.15) is 0 Å². The molecule has 6 nitrogen and oxygen atoms in total. The maximum absolute atomic E-state index is 12.7. The van der Waals surface area contributed by atoms with Crippen molar-refractivity contribution in [3.05, 3.63) is 59.7 Å². The van der Waals surface area contributed by atoms with Gasteiger partial charge in [0.1, 0.15) is 0 Å². The molecule has 6 heteroatoms. The molecule has 0 atom stereocenters. The van der Waals surface area contributed by atoms with Gasteiger partial charge in [0.2, 0.25) is 0 Å². The Morgan fingerprint density at radius 3 is 2.48 bits per heavy atom. The van der Waals surface area contributed by atoms with Crippen molar-refractivity contribution in [2.45, 2.75) is 19.9 Å². The summed E-state index contributed by atoms with van der Waals surface area (Å²) >= 11 is 0. The third-order valence-corrected chi connectivity index (χ3v) is 5.11. The topological polar surface area (TPSA) is 59.1 Å². The van der Waals surface area contributed by atoms with E-state index in [4.69, 9.17) is 9.47 Å². The van der Waals surface area contributed by atoms with Gasteiger partial charge in [-0.05, 0) is 37.1 Å². The highest BCUT2D eigenvalue weighted by Gasteiger charge is 2.20. The van der Waals surface area contributed by atoms with Crippen molar-refractivity contribution in [3.8, 4) is 11.5 Å². The number of ketones is 1. The van der Waals surface area contributed by atoms with E-state index in [0.717, 1.165) is 32.6 Å². The maximum Gasteiger partial charge on any atom is 0.260 e. The van der Waals surface area contributed by atoms with Crippen molar-refractivity contribution in [2.75, 3.05) is 39.9 Å². The van der Waals surface area contributed by atoms with Crippen molar-refractivity contribution in [1.82, 2.24) is 9.80 Å². The SMILES string of the molecule is COc1cc(C(C)=O)ccc1OCC(=O)N1CCCN(Cc2ccccc2)CC1. The van der Waals surface area contributed by atoms with Crippen molar-refractivity contribution in [1.29, 1.82) is 0 Å². The van der Waals surface area contributed by atoms with Crippen LogP contribution in [0.2, 0.25) is 0 Å². The van der Waals surface area contributed by atoms with Crippen LogP contribution >= 0.6 is 0 Å². The van der Waals surface area contributed by atoms with Gasteiger partial charge in [0.05, 0.1) is 7.11 Å². The average molecular weight is 396 g/mol. The molecule has 0 bridgehead atoms. The Hall–Kier alpha value is -2.86. The number of carbonyl (C=O) groups is 2. The first-order chi connectivity index (χ1) is 14.1. The van der Waals surface area contributed by atoms with Crippen molar-refractivity contribution >= 4 is 11.7 Å². The lowest BCUT2D eigenvalue weighted by Gasteiger charge is -2.22. The Morgan fingerprint density at radius 1 is 0.966 bits per heavy atom. The van der Waals surface area contributed by atoms with Crippen LogP contribution in [-0.2, 0) is 11.3 Å². The van der Waals surface area contributed by atoms with E-state index >= 15 is 0 Å². The minimum absolute atomic E-state index is 0.0377. The van der Waals surface area contributed by atoms with Crippen LogP contribution in [0.3, 0.4) is 0 Å². The molecule has 0 aliphatic carbocycles. The number of rotatable bonds is 7. The van der Waals surface area contributed by atoms with E-state index in [0.29, 0.717) is 23.6 Å². The molecule has 1 saturated heterocycles. The number of nitrogens with zero attached hydrogens (tertiary/aromatic N) is 2. The van der Waals surface area contributed by atoms with Gasteiger partial charge >= 0.3 is 0 Å². The van der Waals surface area contributed by atoms with E-state index in [9.17, 15) is 9.59 Å². The van der Waals surface area contributed by atoms with Gasteiger partial charge in [-0.3, -0.25) is 14.5 Å². The highest BCUT2D eigenvalue weighted by Crippen LogP contribution is 2.28. The van der Waals surface area contributed by atoms with E-state index in [1.54, 1.807) is 18.2 Å². The second-order valence-corrected chi connectivity index (χ2v) is 7.21. The lowest BCUT2D eigenvalue weighted by atomic mass is 10.1. The molecule has 0 radical (unpaired) electrons. The van der Waals surface area contributed by atoms with Crippen molar-refractivity contribution in [3.63, 3.8) is 0 Å². The van der Waals surface area contributed by atoms with Crippen LogP contribution < -0.4 is 9.47 Å². The maximum atomic E-state index is 12.7. The molecule has 1 amide bonds. The molecule has 1 aliphatic heterocycles. The lowest BCUT2D eigenvalue weighted by molar-refractivity contribution is -0.133. The molecule has 2 aromatic carbocycles. The Bertz CT molecular complexity index is 838. The first-order valence-corrected chi connectivity index (χ1v) is 9.92. The number of amides is 1. The summed E-state index contributed by atoms with van der Waals surface area (Å²) in [5.41, 5.74) is 1.84. The molecular weight excluding hydrogens is 368 g/mol. The highest BCUT2D eigenvalue weighted by molar-refractivity contribution is 5.94. The van der Waals surface area contributed by atoms with E-state index in [1.807, 2.05) is 11.0 Å². The van der Waals surface area contributed by atoms with Gasteiger partial charge < -0.3 is 14.4 Å². The zero-order chi connectivity index (χ0) is 20.6. The fourth-order valence-electron chi connectivity index (χ4n) is 3.46. The van der Waals surface area contributed by atoms with Crippen LogP contribution in [0, 0.1) is 0 Å². The van der Waals surface area contributed by atoms with Crippen LogP contribution in [0.15, 0.2) is 48.5 Å². The predicted octanol–water partition coefficient (Wildman–Crippen LogP) is 3.01. The molecule has 0 spiro atoms. The van der Waals surface area contributed by atoms with Gasteiger partial charge in [-0.25, -0.2) is 0 Å². The minimum atomic E-state index is -0.0472. The first-order valence-electron chi connectivity index (χ1n) is 9.92. The molecule has 1 aliphatic rings. The third-order valence-electron chi connectivity index (χ3n) is 5.11. The summed E-state index contributed by atoms with van der Waals surface area (Å²) in [6.45, 7) is 5.59. The van der Waals surface area contributed by atoms with Crippen LogP contribution in [0.1, 0.15) is 29.3 Å². The summed E-state index contributed by atoms with van der Waals surface area (Å²) in [6.07, 6.45) is 0.940. The van der Waals surface area contributed by atoms with Gasteiger partial charge in [0, 0.05) is 38.3 Å². The third kappa shape index (κ3) is 5.81. The van der Waals surface area contributed by atoms with Crippen molar-refractivity contribution in [2.24, 2.45) is 0 Å². The lowest BCUT2D eigenvalue weighted by Crippen LogP contribution is -2.38. The monoisotopic (exact) mass is 396 g/mol. The van der Waals surface area contributed by atoms with Crippen LogP contribution in [-0.4, -0.2) is 61.4 Å². The molecule has 0 saturated carbocycles. The summed E-state index contributed by atoms with van der Waals surface area (Å²) in [5, 5.41) is 0. The fraction of sp³-hybridized carbons (Fsp3) is 0.391. The number of hydrogen-bond acceptors (Lipinski definition) is 5. The number of methoxy groups -OCH3 is 1. The number of Topliss-reactive ketones (excluding diaryl/α,β-unsaturated/α-hetero) is 1. The number of benzene rings is 2. The second kappa shape index (κ2) is 10.1. The fourth-order valence-corrected chi connectivity index (χ4v) is 3.46. The van der Waals surface area contributed by atoms with Crippen LogP contribution in [0.5, 0.6) is 11.5 Å². The van der Waals surface area contributed by atoms with Crippen LogP contribution in [0.25, 0.3) is 0 Å². The van der Waals surface area contributed by atoms with Crippen molar-refractivity contribution < 1.29 is 19.1 Å². The summed E-state index contributed by atoms with van der Waals surface area (Å²) in [6, 6.07) is 15.4. The molecule has 1 fully saturated rings. The molecule has 0 aromatic heterocycles. The highest BCUT2D eigenvalue weighted by atomic mass is 16.5. The largest absolute Gasteiger partial charge is 0.493 e. The van der Waals surface area contributed by atoms with E-state index in [2.05, 4.69) is 29.2 Å². The molecule has 2 aromatic rings. The van der Waals surface area contributed by atoms with E-state index in [-0.39, 0.29) is 18.3 Å². The minimum Gasteiger partial charge on any atom is -0.493 e. The number of hydrogen-bond donors (Lipinski definition) is 0. The van der Waals surface area contributed by atoms with E-state index in [1.165, 1.54) is 19.6 Å². The number of carbonyl (C=O) groups excluding carboxylic acids is 2. The summed E-state index contributed by atoms with van der Waals surface area (Å²) in [5.74, 6) is 0.835. The molecule has 3 rings (SSSR count). The molecule has 154 valence electrons. The smallest absolute Gasteiger partial charge is 0.260 e. The zero-order valence-corrected chi connectivity index (χ0v) is 17.1. The molecule has 0 unspecified atom stereocenters. The Kier molecular flexibility index (Phi) is 7.25. The summed E-state index contributed by atoms with van der Waals surface area (Å²) in [4.78, 5) is 28.4. The summed E-state index contributed by atoms with van der Waals surface area (Å²) in [7, 11) is 1.52. The molecular formula is C23H28N2O4. The Balaban J connectivity index is 1.53.